The van der Waals surface area contributed by atoms with E-state index in [0.717, 1.165) is 11.8 Å². The van der Waals surface area contributed by atoms with E-state index in [0.29, 0.717) is 11.5 Å². The summed E-state index contributed by atoms with van der Waals surface area (Å²) < 4.78 is 0. The van der Waals surface area contributed by atoms with Gasteiger partial charge in [-0.1, -0.05) is 57.4 Å². The van der Waals surface area contributed by atoms with Crippen LogP contribution in [0.3, 0.4) is 0 Å². The third kappa shape index (κ3) is 2.79. The number of benzene rings is 1. The molecule has 0 saturated heterocycles. The summed E-state index contributed by atoms with van der Waals surface area (Å²) in [7, 11) is 2.11. The second-order valence-corrected chi connectivity index (χ2v) is 7.57. The molecule has 0 spiro atoms. The highest BCUT2D eigenvalue weighted by Gasteiger charge is 2.49. The molecule has 1 aromatic carbocycles. The Kier molecular flexibility index (Phi) is 3.90. The van der Waals surface area contributed by atoms with Crippen LogP contribution in [0.4, 0.5) is 0 Å². The van der Waals surface area contributed by atoms with Crippen molar-refractivity contribution in [3.63, 3.8) is 0 Å². The Morgan fingerprint density at radius 2 is 1.65 bits per heavy atom. The Labute approximate surface area is 124 Å². The summed E-state index contributed by atoms with van der Waals surface area (Å²) in [6.45, 7) is 4.77. The minimum Gasteiger partial charge on any atom is -0.313 e. The summed E-state index contributed by atoms with van der Waals surface area (Å²) in [6.07, 6.45) is 8.41. The van der Waals surface area contributed by atoms with Crippen LogP contribution in [-0.2, 0) is 0 Å². The maximum atomic E-state index is 3.53. The lowest BCUT2D eigenvalue weighted by Gasteiger charge is -2.23. The minimum atomic E-state index is 0.524. The Morgan fingerprint density at radius 3 is 2.15 bits per heavy atom. The zero-order valence-electron chi connectivity index (χ0n) is 13.3. The van der Waals surface area contributed by atoms with Crippen molar-refractivity contribution in [2.75, 3.05) is 7.05 Å². The number of hydrogen-bond acceptors (Lipinski definition) is 1. The van der Waals surface area contributed by atoms with Crippen molar-refractivity contribution in [3.05, 3.63) is 35.4 Å². The van der Waals surface area contributed by atoms with Crippen LogP contribution in [0.25, 0.3) is 0 Å². The lowest BCUT2D eigenvalue weighted by atomic mass is 9.83. The molecule has 1 nitrogen and oxygen atoms in total. The summed E-state index contributed by atoms with van der Waals surface area (Å²) in [5.41, 5.74) is 3.57. The predicted octanol–water partition coefficient (Wildman–Crippen LogP) is 5.04. The molecule has 0 heterocycles. The van der Waals surface area contributed by atoms with Gasteiger partial charge in [-0.2, -0.15) is 0 Å². The van der Waals surface area contributed by atoms with Crippen molar-refractivity contribution < 1.29 is 0 Å². The van der Waals surface area contributed by atoms with Crippen LogP contribution in [0.5, 0.6) is 0 Å². The van der Waals surface area contributed by atoms with Crippen LogP contribution < -0.4 is 5.32 Å². The molecule has 0 bridgehead atoms. The van der Waals surface area contributed by atoms with E-state index in [1.807, 2.05) is 0 Å². The second-order valence-electron chi connectivity index (χ2n) is 7.57. The summed E-state index contributed by atoms with van der Waals surface area (Å²) in [6, 6.07) is 10.1. The van der Waals surface area contributed by atoms with Crippen molar-refractivity contribution in [3.8, 4) is 0 Å². The third-order valence-corrected chi connectivity index (χ3v) is 5.68. The normalized spacial score (nSPS) is 27.2. The zero-order chi connectivity index (χ0) is 14.2. The average molecular weight is 271 g/mol. The molecule has 2 aliphatic carbocycles. The molecule has 1 N–H and O–H groups in total. The van der Waals surface area contributed by atoms with Crippen molar-refractivity contribution in [2.24, 2.45) is 11.3 Å². The summed E-state index contributed by atoms with van der Waals surface area (Å²) >= 11 is 0. The molecule has 3 rings (SSSR count). The topological polar surface area (TPSA) is 12.0 Å². The van der Waals surface area contributed by atoms with Crippen LogP contribution in [0.15, 0.2) is 24.3 Å². The van der Waals surface area contributed by atoms with Gasteiger partial charge in [-0.3, -0.25) is 0 Å². The molecule has 2 fully saturated rings. The van der Waals surface area contributed by atoms with Gasteiger partial charge in [0, 0.05) is 6.04 Å². The van der Waals surface area contributed by atoms with Crippen LogP contribution in [0, 0.1) is 11.3 Å². The zero-order valence-corrected chi connectivity index (χ0v) is 13.3. The predicted molar refractivity (Wildman–Crippen MR) is 86.0 cm³/mol. The molecule has 110 valence electrons. The van der Waals surface area contributed by atoms with Crippen LogP contribution >= 0.6 is 0 Å². The van der Waals surface area contributed by atoms with E-state index < -0.39 is 0 Å². The molecule has 2 aliphatic rings. The van der Waals surface area contributed by atoms with Crippen LogP contribution in [0.2, 0.25) is 0 Å². The Balaban J connectivity index is 1.71. The lowest BCUT2D eigenvalue weighted by Crippen LogP contribution is -2.20. The van der Waals surface area contributed by atoms with E-state index in [1.54, 1.807) is 5.56 Å². The lowest BCUT2D eigenvalue weighted by molar-refractivity contribution is 0.437. The van der Waals surface area contributed by atoms with Gasteiger partial charge in [-0.25, -0.2) is 0 Å². The molecule has 0 radical (unpaired) electrons. The SMILES string of the molecule is CNC(c1ccc(C2CCCCC2)cc1)C1CC1(C)C. The molecule has 2 saturated carbocycles. The second kappa shape index (κ2) is 5.52. The monoisotopic (exact) mass is 271 g/mol. The Bertz CT molecular complexity index is 439. The van der Waals surface area contributed by atoms with Gasteiger partial charge in [0.15, 0.2) is 0 Å². The molecule has 20 heavy (non-hydrogen) atoms. The van der Waals surface area contributed by atoms with E-state index in [4.69, 9.17) is 0 Å². The molecular weight excluding hydrogens is 242 g/mol. The molecule has 0 aromatic heterocycles. The highest BCUT2D eigenvalue weighted by Crippen LogP contribution is 2.57. The van der Waals surface area contributed by atoms with Gasteiger partial charge in [0.2, 0.25) is 0 Å². The first-order chi connectivity index (χ1) is 9.62. The fourth-order valence-electron chi connectivity index (χ4n) is 4.09. The van der Waals surface area contributed by atoms with Crippen molar-refractivity contribution in [1.82, 2.24) is 5.32 Å². The van der Waals surface area contributed by atoms with Gasteiger partial charge in [0.1, 0.15) is 0 Å². The quantitative estimate of drug-likeness (QED) is 0.809. The van der Waals surface area contributed by atoms with Gasteiger partial charge in [0.05, 0.1) is 0 Å². The van der Waals surface area contributed by atoms with E-state index in [2.05, 4.69) is 50.5 Å². The van der Waals surface area contributed by atoms with E-state index >= 15 is 0 Å². The van der Waals surface area contributed by atoms with Gasteiger partial charge < -0.3 is 5.32 Å². The van der Waals surface area contributed by atoms with Gasteiger partial charge in [-0.05, 0) is 54.7 Å². The number of hydrogen-bond donors (Lipinski definition) is 1. The maximum absolute atomic E-state index is 3.53. The third-order valence-electron chi connectivity index (χ3n) is 5.68. The number of rotatable bonds is 4. The van der Waals surface area contributed by atoms with Crippen LogP contribution in [0.1, 0.15) is 75.5 Å². The summed E-state index contributed by atoms with van der Waals surface area (Å²) in [5, 5.41) is 3.53. The first kappa shape index (κ1) is 14.1. The van der Waals surface area contributed by atoms with Crippen LogP contribution in [-0.4, -0.2) is 7.05 Å². The largest absolute Gasteiger partial charge is 0.313 e. The highest BCUT2D eigenvalue weighted by atomic mass is 14.9. The van der Waals surface area contributed by atoms with Crippen molar-refractivity contribution in [2.45, 2.75) is 64.3 Å². The molecule has 2 atom stereocenters. The molecular formula is C19H29N. The smallest absolute Gasteiger partial charge is 0.0351 e. The maximum Gasteiger partial charge on any atom is 0.0351 e. The molecule has 2 unspecified atom stereocenters. The Morgan fingerprint density at radius 1 is 1.05 bits per heavy atom. The first-order valence-electron chi connectivity index (χ1n) is 8.39. The molecule has 0 amide bonds. The Hall–Kier alpha value is -0.820. The fourth-order valence-corrected chi connectivity index (χ4v) is 4.09. The fraction of sp³-hybridized carbons (Fsp3) is 0.684. The minimum absolute atomic E-state index is 0.524. The first-order valence-corrected chi connectivity index (χ1v) is 8.39. The van der Waals surface area contributed by atoms with E-state index in [-0.39, 0.29) is 0 Å². The molecule has 0 aliphatic heterocycles. The molecule has 1 heteroatoms. The number of nitrogens with one attached hydrogen (secondary N) is 1. The van der Waals surface area contributed by atoms with Gasteiger partial charge in [-0.15, -0.1) is 0 Å². The van der Waals surface area contributed by atoms with E-state index in [9.17, 15) is 0 Å². The van der Waals surface area contributed by atoms with Gasteiger partial charge >= 0.3 is 0 Å². The standard InChI is InChI=1S/C19H29N/c1-19(2)13-17(19)18(20-3)16-11-9-15(10-12-16)14-7-5-4-6-8-14/h9-12,14,17-18,20H,4-8,13H2,1-3H3. The van der Waals surface area contributed by atoms with Crippen molar-refractivity contribution >= 4 is 0 Å². The summed E-state index contributed by atoms with van der Waals surface area (Å²) in [4.78, 5) is 0. The van der Waals surface area contributed by atoms with Gasteiger partial charge in [0.25, 0.3) is 0 Å². The van der Waals surface area contributed by atoms with Crippen molar-refractivity contribution in [1.29, 1.82) is 0 Å². The summed E-state index contributed by atoms with van der Waals surface area (Å²) in [5.74, 6) is 1.62. The highest BCUT2D eigenvalue weighted by molar-refractivity contribution is 5.29. The van der Waals surface area contributed by atoms with E-state index in [1.165, 1.54) is 44.1 Å². The molecule has 1 aromatic rings. The average Bonchev–Trinajstić information content (AvgIpc) is 3.10.